The number of piperidine rings is 1. The zero-order chi connectivity index (χ0) is 21.4. The Hall–Kier alpha value is -2.78. The van der Waals surface area contributed by atoms with Crippen LogP contribution < -0.4 is 4.74 Å². The van der Waals surface area contributed by atoms with E-state index in [-0.39, 0.29) is 17.3 Å². The van der Waals surface area contributed by atoms with Crippen LogP contribution in [0.2, 0.25) is 0 Å². The Balaban J connectivity index is 1.30. The molecule has 0 radical (unpaired) electrons. The number of sulfonamides is 1. The van der Waals surface area contributed by atoms with Crippen molar-refractivity contribution < 1.29 is 22.1 Å². The van der Waals surface area contributed by atoms with Gasteiger partial charge in [-0.15, -0.1) is 0 Å². The van der Waals surface area contributed by atoms with Crippen LogP contribution in [-0.2, 0) is 22.9 Å². The lowest BCUT2D eigenvalue weighted by Crippen LogP contribution is -2.40. The number of fused-ring (bicyclic) bond motifs is 1. The lowest BCUT2D eigenvalue weighted by atomic mass is 9.96. The molecule has 5 rings (SSSR count). The molecule has 3 heterocycles. The van der Waals surface area contributed by atoms with Crippen LogP contribution in [0, 0.1) is 11.7 Å². The van der Waals surface area contributed by atoms with Crippen LogP contribution in [0.3, 0.4) is 0 Å². The number of aromatic nitrogens is 2. The number of rotatable bonds is 5. The van der Waals surface area contributed by atoms with Gasteiger partial charge in [0.05, 0.1) is 17.1 Å². The maximum Gasteiger partial charge on any atom is 0.243 e. The topological polar surface area (TPSA) is 85.5 Å². The van der Waals surface area contributed by atoms with Crippen molar-refractivity contribution in [1.29, 1.82) is 0 Å². The van der Waals surface area contributed by atoms with E-state index in [0.29, 0.717) is 36.9 Å². The fraction of sp³-hybridized carbons (Fsp3) is 0.364. The van der Waals surface area contributed by atoms with E-state index >= 15 is 0 Å². The molecule has 0 saturated carbocycles. The number of hydrogen-bond donors (Lipinski definition) is 0. The lowest BCUT2D eigenvalue weighted by molar-refractivity contribution is 0.247. The molecule has 0 spiro atoms. The Bertz CT molecular complexity index is 1210. The second kappa shape index (κ2) is 8.05. The van der Waals surface area contributed by atoms with Crippen LogP contribution in [0.15, 0.2) is 51.9 Å². The van der Waals surface area contributed by atoms with E-state index in [0.717, 1.165) is 30.6 Å². The van der Waals surface area contributed by atoms with Crippen LogP contribution in [0.25, 0.3) is 11.4 Å². The van der Waals surface area contributed by atoms with Gasteiger partial charge in [0.1, 0.15) is 11.6 Å². The van der Waals surface area contributed by atoms with Gasteiger partial charge in [-0.25, -0.2) is 12.8 Å². The number of benzene rings is 2. The molecule has 1 saturated heterocycles. The molecule has 0 N–H and O–H groups in total. The SMILES string of the molecule is O=S(=O)(c1ccc2c(c1)CCO2)N1CCCC(Cc2nc(-c3ccccc3F)no2)C1. The van der Waals surface area contributed by atoms with E-state index in [1.165, 1.54) is 10.4 Å². The zero-order valence-corrected chi connectivity index (χ0v) is 17.6. The van der Waals surface area contributed by atoms with Crippen molar-refractivity contribution in [2.45, 2.75) is 30.6 Å². The predicted molar refractivity (Wildman–Crippen MR) is 111 cm³/mol. The van der Waals surface area contributed by atoms with Gasteiger partial charge >= 0.3 is 0 Å². The Morgan fingerprint density at radius 2 is 2.06 bits per heavy atom. The monoisotopic (exact) mass is 443 g/mol. The van der Waals surface area contributed by atoms with E-state index in [2.05, 4.69) is 10.1 Å². The van der Waals surface area contributed by atoms with Gasteiger partial charge in [-0.2, -0.15) is 9.29 Å². The molecular formula is C22H22FN3O4S. The molecular weight excluding hydrogens is 421 g/mol. The normalized spacial score (nSPS) is 19.2. The van der Waals surface area contributed by atoms with Gasteiger partial charge in [0.15, 0.2) is 0 Å². The molecule has 0 amide bonds. The summed E-state index contributed by atoms with van der Waals surface area (Å²) >= 11 is 0. The smallest absolute Gasteiger partial charge is 0.243 e. The van der Waals surface area contributed by atoms with Gasteiger partial charge in [0.25, 0.3) is 0 Å². The molecule has 9 heteroatoms. The Kier molecular flexibility index (Phi) is 5.23. The average molecular weight is 444 g/mol. The van der Waals surface area contributed by atoms with E-state index in [1.807, 2.05) is 0 Å². The standard InChI is InChI=1S/C22H22FN3O4S/c23-19-6-2-1-5-18(19)22-24-21(30-25-22)12-15-4-3-10-26(14-15)31(27,28)17-7-8-20-16(13-17)9-11-29-20/h1-2,5-8,13,15H,3-4,9-12,14H2. The summed E-state index contributed by atoms with van der Waals surface area (Å²) in [5.41, 5.74) is 1.21. The summed E-state index contributed by atoms with van der Waals surface area (Å²) in [6.45, 7) is 1.45. The van der Waals surface area contributed by atoms with Crippen molar-refractivity contribution in [2.24, 2.45) is 5.92 Å². The Labute approximate surface area is 179 Å². The van der Waals surface area contributed by atoms with Crippen LogP contribution in [0.4, 0.5) is 4.39 Å². The molecule has 7 nitrogen and oxygen atoms in total. The van der Waals surface area contributed by atoms with Gasteiger partial charge < -0.3 is 9.26 Å². The van der Waals surface area contributed by atoms with Crippen molar-refractivity contribution in [2.75, 3.05) is 19.7 Å². The molecule has 3 aromatic rings. The first-order valence-electron chi connectivity index (χ1n) is 10.3. The van der Waals surface area contributed by atoms with E-state index in [9.17, 15) is 12.8 Å². The highest BCUT2D eigenvalue weighted by Crippen LogP contribution is 2.31. The van der Waals surface area contributed by atoms with Crippen LogP contribution in [0.5, 0.6) is 5.75 Å². The Morgan fingerprint density at radius 1 is 1.19 bits per heavy atom. The van der Waals surface area contributed by atoms with Crippen LogP contribution in [-0.4, -0.2) is 42.6 Å². The van der Waals surface area contributed by atoms with E-state index in [1.54, 1.807) is 36.4 Å². The van der Waals surface area contributed by atoms with Crippen molar-refractivity contribution in [3.05, 3.63) is 59.7 Å². The van der Waals surface area contributed by atoms with Crippen LogP contribution >= 0.6 is 0 Å². The molecule has 1 unspecified atom stereocenters. The van der Waals surface area contributed by atoms with Crippen LogP contribution in [0.1, 0.15) is 24.3 Å². The highest BCUT2D eigenvalue weighted by Gasteiger charge is 2.32. The number of ether oxygens (including phenoxy) is 1. The van der Waals surface area contributed by atoms with Crippen molar-refractivity contribution in [1.82, 2.24) is 14.4 Å². The molecule has 0 aliphatic carbocycles. The summed E-state index contributed by atoms with van der Waals surface area (Å²) in [4.78, 5) is 4.62. The summed E-state index contributed by atoms with van der Waals surface area (Å²) in [7, 11) is -3.59. The van der Waals surface area contributed by atoms with Gasteiger partial charge in [-0.05, 0) is 54.7 Å². The molecule has 162 valence electrons. The number of halogens is 1. The first-order valence-corrected chi connectivity index (χ1v) is 11.8. The summed E-state index contributed by atoms with van der Waals surface area (Å²) in [5.74, 6) is 0.989. The summed E-state index contributed by atoms with van der Waals surface area (Å²) < 4.78 is 52.7. The largest absolute Gasteiger partial charge is 0.493 e. The summed E-state index contributed by atoms with van der Waals surface area (Å²) in [6.07, 6.45) is 2.79. The zero-order valence-electron chi connectivity index (χ0n) is 16.8. The second-order valence-corrected chi connectivity index (χ2v) is 9.87. The molecule has 2 aliphatic rings. The minimum atomic E-state index is -3.59. The molecule has 1 aromatic heterocycles. The molecule has 1 fully saturated rings. The lowest BCUT2D eigenvalue weighted by Gasteiger charge is -2.31. The third kappa shape index (κ3) is 3.95. The van der Waals surface area contributed by atoms with Crippen molar-refractivity contribution in [3.8, 4) is 17.1 Å². The molecule has 2 aromatic carbocycles. The van der Waals surface area contributed by atoms with Gasteiger partial charge in [-0.1, -0.05) is 17.3 Å². The molecule has 31 heavy (non-hydrogen) atoms. The fourth-order valence-electron chi connectivity index (χ4n) is 4.22. The molecule has 2 aliphatic heterocycles. The number of hydrogen-bond acceptors (Lipinski definition) is 6. The maximum absolute atomic E-state index is 14.0. The first kappa shape index (κ1) is 20.1. The Morgan fingerprint density at radius 3 is 2.94 bits per heavy atom. The predicted octanol–water partition coefficient (Wildman–Crippen LogP) is 3.45. The summed E-state index contributed by atoms with van der Waals surface area (Å²) in [6, 6.07) is 11.3. The minimum Gasteiger partial charge on any atom is -0.493 e. The third-order valence-electron chi connectivity index (χ3n) is 5.83. The van der Waals surface area contributed by atoms with E-state index < -0.39 is 15.8 Å². The van der Waals surface area contributed by atoms with Gasteiger partial charge in [0.2, 0.25) is 21.7 Å². The van der Waals surface area contributed by atoms with E-state index in [4.69, 9.17) is 9.26 Å². The summed E-state index contributed by atoms with van der Waals surface area (Å²) in [5, 5.41) is 3.89. The minimum absolute atomic E-state index is 0.0511. The highest BCUT2D eigenvalue weighted by atomic mass is 32.2. The average Bonchev–Trinajstić information content (AvgIpc) is 3.43. The molecule has 1 atom stereocenters. The second-order valence-electron chi connectivity index (χ2n) is 7.93. The first-order chi connectivity index (χ1) is 15.0. The van der Waals surface area contributed by atoms with Gasteiger partial charge in [0, 0.05) is 25.9 Å². The highest BCUT2D eigenvalue weighted by molar-refractivity contribution is 7.89. The van der Waals surface area contributed by atoms with Crippen molar-refractivity contribution in [3.63, 3.8) is 0 Å². The fourth-order valence-corrected chi connectivity index (χ4v) is 5.83. The quantitative estimate of drug-likeness (QED) is 0.600. The maximum atomic E-state index is 14.0. The van der Waals surface area contributed by atoms with Gasteiger partial charge in [-0.3, -0.25) is 0 Å². The molecule has 0 bridgehead atoms. The third-order valence-corrected chi connectivity index (χ3v) is 7.69. The van der Waals surface area contributed by atoms with Crippen molar-refractivity contribution >= 4 is 10.0 Å². The number of nitrogens with zero attached hydrogens (tertiary/aromatic N) is 3.